The lowest BCUT2D eigenvalue weighted by Gasteiger charge is -2.27. The number of hydrogen-bond acceptors (Lipinski definition) is 16. The highest BCUT2D eigenvalue weighted by Gasteiger charge is 2.23. The van der Waals surface area contributed by atoms with Gasteiger partial charge in [-0.2, -0.15) is 13.5 Å². The van der Waals surface area contributed by atoms with Crippen molar-refractivity contribution in [3.8, 4) is 17.2 Å². The number of thiazole rings is 1. The maximum Gasteiger partial charge on any atom is 0.296 e. The van der Waals surface area contributed by atoms with Crippen LogP contribution >= 0.6 is 11.3 Å². The highest BCUT2D eigenvalue weighted by Crippen LogP contribution is 2.45. The predicted octanol–water partition coefficient (Wildman–Crippen LogP) is 6.21. The predicted molar refractivity (Wildman–Crippen MR) is 200 cm³/mol. The third-order valence-corrected chi connectivity index (χ3v) is 11.1. The number of ether oxygens (including phenoxy) is 2. The van der Waals surface area contributed by atoms with Crippen LogP contribution in [0.5, 0.6) is 17.2 Å². The molecule has 0 saturated carbocycles. The Morgan fingerprint density at radius 1 is 0.906 bits per heavy atom. The van der Waals surface area contributed by atoms with Gasteiger partial charge >= 0.3 is 0 Å². The molecule has 1 aliphatic heterocycles. The van der Waals surface area contributed by atoms with Crippen molar-refractivity contribution in [2.75, 3.05) is 63.5 Å². The lowest BCUT2D eigenvalue weighted by Crippen LogP contribution is -2.45. The van der Waals surface area contributed by atoms with E-state index in [0.717, 1.165) is 44.1 Å². The molecule has 5 aromatic rings. The molecule has 6 rings (SSSR count). The van der Waals surface area contributed by atoms with Crippen LogP contribution in [0.1, 0.15) is 0 Å². The van der Waals surface area contributed by atoms with Gasteiger partial charge in [-0.1, -0.05) is 6.07 Å². The number of benzene rings is 4. The van der Waals surface area contributed by atoms with Crippen LogP contribution in [0.3, 0.4) is 0 Å². The molecule has 278 valence electrons. The lowest BCUT2D eigenvalue weighted by molar-refractivity contribution is 0.249. The number of fused-ring (bicyclic) bond motifs is 1. The summed E-state index contributed by atoms with van der Waals surface area (Å²) in [4.78, 5) is 5.63. The van der Waals surface area contributed by atoms with Gasteiger partial charge in [0.25, 0.3) is 20.1 Å². The van der Waals surface area contributed by atoms with Gasteiger partial charge in [0.05, 0.1) is 24.8 Å². The first-order chi connectivity index (χ1) is 25.4. The van der Waals surface area contributed by atoms with Crippen LogP contribution in [0.2, 0.25) is 0 Å². The lowest BCUT2D eigenvalue weighted by atomic mass is 10.1. The molecule has 1 aromatic heterocycles. The van der Waals surface area contributed by atoms with Crippen LogP contribution in [-0.2, 0) is 20.1 Å². The average molecular weight is 782 g/mol. The summed E-state index contributed by atoms with van der Waals surface area (Å²) in [5, 5.41) is 37.1. The van der Waals surface area contributed by atoms with Crippen LogP contribution < -0.4 is 24.8 Å². The third-order valence-electron chi connectivity index (χ3n) is 8.11. The van der Waals surface area contributed by atoms with E-state index in [2.05, 4.69) is 45.7 Å². The first-order valence-electron chi connectivity index (χ1n) is 16.0. The highest BCUT2D eigenvalue weighted by atomic mass is 32.2. The second-order valence-electron chi connectivity index (χ2n) is 11.5. The van der Waals surface area contributed by atoms with Gasteiger partial charge in [0.15, 0.2) is 10.9 Å². The van der Waals surface area contributed by atoms with E-state index in [1.165, 1.54) is 62.9 Å². The summed E-state index contributed by atoms with van der Waals surface area (Å²) in [6.07, 6.45) is 1.49. The Morgan fingerprint density at radius 3 is 2.21 bits per heavy atom. The van der Waals surface area contributed by atoms with Crippen molar-refractivity contribution in [3.63, 3.8) is 0 Å². The van der Waals surface area contributed by atoms with E-state index in [0.29, 0.717) is 28.7 Å². The van der Waals surface area contributed by atoms with Gasteiger partial charge in [0.1, 0.15) is 33.5 Å². The molecule has 17 nitrogen and oxygen atoms in total. The van der Waals surface area contributed by atoms with Crippen molar-refractivity contribution >= 4 is 75.8 Å². The number of azo groups is 2. The summed E-state index contributed by atoms with van der Waals surface area (Å²) in [5.74, 6) is -0.175. The van der Waals surface area contributed by atoms with Gasteiger partial charge in [-0.25, -0.2) is 13.4 Å². The summed E-state index contributed by atoms with van der Waals surface area (Å²) in [7, 11) is -5.94. The first-order valence-corrected chi connectivity index (χ1v) is 19.8. The van der Waals surface area contributed by atoms with Crippen LogP contribution in [0.4, 0.5) is 33.6 Å². The van der Waals surface area contributed by atoms with Gasteiger partial charge in [-0.05, 0) is 47.9 Å². The number of methoxy groups -OCH3 is 2. The van der Waals surface area contributed by atoms with Gasteiger partial charge in [-0.3, -0.25) is 14.2 Å². The van der Waals surface area contributed by atoms with E-state index in [1.54, 1.807) is 23.6 Å². The average Bonchev–Trinajstić information content (AvgIpc) is 3.66. The van der Waals surface area contributed by atoms with Crippen molar-refractivity contribution in [2.45, 2.75) is 9.79 Å². The zero-order valence-electron chi connectivity index (χ0n) is 28.4. The standard InChI is InChI=1S/C33H35N9O8S3/c1-49-28-20-27(29(50-2)19-26(28)38-37-22-5-7-24(8-6-22)52(44,45)41-33-36-12-16-51-33)39-40-31-30(53(46,47)48)17-21-3-4-23(18-25(21)32(31)43)35-11-15-42-13-9-34-10-14-42/h3-8,12,16-20,34-35,43H,9-11,13-15H2,1-2H3,(H,36,41)(H,46,47,48). The second-order valence-corrected chi connectivity index (χ2v) is 15.5. The van der Waals surface area contributed by atoms with Crippen molar-refractivity contribution in [2.24, 2.45) is 20.5 Å². The molecule has 4 aromatic carbocycles. The molecule has 2 heterocycles. The summed E-state index contributed by atoms with van der Waals surface area (Å²) < 4.78 is 73.6. The maximum absolute atomic E-state index is 12.7. The molecule has 0 aliphatic carbocycles. The largest absolute Gasteiger partial charge is 0.505 e. The zero-order chi connectivity index (χ0) is 37.6. The number of nitrogens with one attached hydrogen (secondary N) is 3. The SMILES string of the molecule is COc1cc(N=Nc2c(S(=O)(=O)O)cc3ccc(NCCN4CCNCC4)cc3c2O)c(OC)cc1N=Nc1ccc(S(=O)(=O)Nc2nccs2)cc1. The van der Waals surface area contributed by atoms with Crippen molar-refractivity contribution < 1.29 is 36.0 Å². The van der Waals surface area contributed by atoms with Crippen LogP contribution in [0, 0.1) is 0 Å². The quantitative estimate of drug-likeness (QED) is 0.0625. The Morgan fingerprint density at radius 2 is 1.58 bits per heavy atom. The zero-order valence-corrected chi connectivity index (χ0v) is 30.9. The molecule has 53 heavy (non-hydrogen) atoms. The number of sulfonamides is 1. The number of hydrogen-bond donors (Lipinski definition) is 5. The Hall–Kier alpha value is -5.25. The summed E-state index contributed by atoms with van der Waals surface area (Å²) in [6, 6.07) is 14.8. The molecule has 1 fully saturated rings. The second kappa shape index (κ2) is 16.2. The van der Waals surface area contributed by atoms with Crippen LogP contribution in [-0.4, -0.2) is 89.9 Å². The van der Waals surface area contributed by atoms with E-state index in [9.17, 15) is 26.5 Å². The fraction of sp³-hybridized carbons (Fsp3) is 0.242. The number of rotatable bonds is 14. The molecule has 0 radical (unpaired) electrons. The summed E-state index contributed by atoms with van der Waals surface area (Å²) in [6.45, 7) is 5.26. The molecule has 0 spiro atoms. The molecule has 1 saturated heterocycles. The molecular weight excluding hydrogens is 747 g/mol. The summed E-state index contributed by atoms with van der Waals surface area (Å²) in [5.41, 5.74) is 0.857. The van der Waals surface area contributed by atoms with E-state index < -0.39 is 36.5 Å². The Labute approximate surface area is 309 Å². The molecule has 0 amide bonds. The minimum absolute atomic E-state index is 0.00804. The summed E-state index contributed by atoms with van der Waals surface area (Å²) >= 11 is 1.15. The van der Waals surface area contributed by atoms with E-state index in [4.69, 9.17) is 9.47 Å². The first kappa shape index (κ1) is 37.5. The van der Waals surface area contributed by atoms with E-state index >= 15 is 0 Å². The number of phenols is 1. The van der Waals surface area contributed by atoms with E-state index in [1.807, 2.05) is 0 Å². The number of aromatic nitrogens is 1. The molecule has 0 bridgehead atoms. The minimum atomic E-state index is -4.84. The molecule has 0 unspecified atom stereocenters. The fourth-order valence-electron chi connectivity index (χ4n) is 5.41. The topological polar surface area (TPSA) is 229 Å². The Kier molecular flexibility index (Phi) is 11.5. The Bertz CT molecular complexity index is 2370. The number of anilines is 2. The number of phenolic OH excluding ortho intramolecular Hbond substituents is 1. The van der Waals surface area contributed by atoms with Gasteiger partial charge < -0.3 is 25.2 Å². The monoisotopic (exact) mass is 781 g/mol. The molecule has 0 atom stereocenters. The minimum Gasteiger partial charge on any atom is -0.505 e. The molecular formula is C33H35N9O8S3. The normalized spacial score (nSPS) is 14.2. The van der Waals surface area contributed by atoms with Crippen molar-refractivity contribution in [1.82, 2.24) is 15.2 Å². The molecule has 5 N–H and O–H groups in total. The van der Waals surface area contributed by atoms with Crippen LogP contribution in [0.25, 0.3) is 10.8 Å². The van der Waals surface area contributed by atoms with Gasteiger partial charge in [-0.15, -0.1) is 26.7 Å². The van der Waals surface area contributed by atoms with E-state index in [-0.39, 0.29) is 32.9 Å². The van der Waals surface area contributed by atoms with Crippen LogP contribution in [0.15, 0.2) is 102 Å². The third kappa shape index (κ3) is 9.04. The van der Waals surface area contributed by atoms with Gasteiger partial charge in [0, 0.05) is 74.1 Å². The van der Waals surface area contributed by atoms with Gasteiger partial charge in [0.2, 0.25) is 0 Å². The maximum atomic E-state index is 12.7. The Balaban J connectivity index is 1.25. The number of aromatic hydroxyl groups is 1. The molecule has 20 heteroatoms. The highest BCUT2D eigenvalue weighted by molar-refractivity contribution is 7.93. The fourth-order valence-corrected chi connectivity index (χ4v) is 7.86. The molecule has 1 aliphatic rings. The number of piperazine rings is 1. The van der Waals surface area contributed by atoms with Crippen molar-refractivity contribution in [1.29, 1.82) is 0 Å². The van der Waals surface area contributed by atoms with Crippen molar-refractivity contribution in [3.05, 3.63) is 72.2 Å². The smallest absolute Gasteiger partial charge is 0.296 e. The number of nitrogens with zero attached hydrogens (tertiary/aromatic N) is 6.